The number of rotatable bonds is 1. The fourth-order valence-corrected chi connectivity index (χ4v) is 1.39. The van der Waals surface area contributed by atoms with Crippen LogP contribution in [0, 0.1) is 0 Å². The van der Waals surface area contributed by atoms with Gasteiger partial charge in [0.2, 0.25) is 0 Å². The molecule has 1 rings (SSSR count). The van der Waals surface area contributed by atoms with Gasteiger partial charge >= 0.3 is 10.3 Å². The summed E-state index contributed by atoms with van der Waals surface area (Å²) in [5.41, 5.74) is 0. The van der Waals surface area contributed by atoms with Crippen molar-refractivity contribution in [1.82, 2.24) is 4.31 Å². The second-order valence-electron chi connectivity index (χ2n) is 1.99. The molecular weight excluding hydrogens is 174 g/mol. The van der Waals surface area contributed by atoms with Gasteiger partial charge in [-0.3, -0.25) is 4.55 Å². The summed E-state index contributed by atoms with van der Waals surface area (Å²) in [5.74, 6) is 0. The van der Waals surface area contributed by atoms with Crippen molar-refractivity contribution in [2.75, 3.05) is 26.3 Å². The van der Waals surface area contributed by atoms with Gasteiger partial charge in [-0.25, -0.2) is 0 Å². The average Bonchev–Trinajstić information content (AvgIpc) is 1.88. The maximum Gasteiger partial charge on any atom is 0.336 e. The van der Waals surface area contributed by atoms with Gasteiger partial charge in [0.1, 0.15) is 0 Å². The van der Waals surface area contributed by atoms with Crippen molar-refractivity contribution in [1.29, 1.82) is 0 Å². The molecule has 0 spiro atoms. The Morgan fingerprint density at radius 3 is 2.00 bits per heavy atom. The predicted molar refractivity (Wildman–Crippen MR) is 37.6 cm³/mol. The summed E-state index contributed by atoms with van der Waals surface area (Å²) in [7, 11) is -3.97. The highest BCUT2D eigenvalue weighted by molar-refractivity contribution is 7.83. The summed E-state index contributed by atoms with van der Waals surface area (Å²) in [6, 6.07) is 0. The van der Waals surface area contributed by atoms with Crippen LogP contribution >= 0.6 is 0 Å². The third-order valence-corrected chi connectivity index (χ3v) is 2.31. The van der Waals surface area contributed by atoms with E-state index in [0.717, 1.165) is 4.31 Å². The fraction of sp³-hybridized carbons (Fsp3) is 1.00. The van der Waals surface area contributed by atoms with Crippen molar-refractivity contribution in [3.8, 4) is 0 Å². The summed E-state index contributed by atoms with van der Waals surface area (Å²) >= 11 is 0. The minimum atomic E-state index is -3.97. The van der Waals surface area contributed by atoms with E-state index in [2.05, 4.69) is 0 Å². The quantitative estimate of drug-likeness (QED) is 0.492. The molecule has 0 bridgehead atoms. The van der Waals surface area contributed by atoms with Gasteiger partial charge < -0.3 is 10.2 Å². The third-order valence-electron chi connectivity index (χ3n) is 1.30. The molecule has 1 aliphatic rings. The first-order valence-electron chi connectivity index (χ1n) is 2.91. The lowest BCUT2D eigenvalue weighted by molar-refractivity contribution is 0.0693. The smallest absolute Gasteiger partial charge is 0.336 e. The van der Waals surface area contributed by atoms with Gasteiger partial charge in [-0.1, -0.05) is 0 Å². The SMILES string of the molecule is O.O=S(=O)(O)N1CCOCC1. The van der Waals surface area contributed by atoms with E-state index in [1.807, 2.05) is 0 Å². The Labute approximate surface area is 64.9 Å². The lowest BCUT2D eigenvalue weighted by Gasteiger charge is -2.22. The van der Waals surface area contributed by atoms with Crippen LogP contribution in [0.5, 0.6) is 0 Å². The first kappa shape index (κ1) is 10.8. The molecule has 6 nitrogen and oxygen atoms in total. The zero-order valence-electron chi connectivity index (χ0n) is 5.86. The van der Waals surface area contributed by atoms with Gasteiger partial charge in [0.25, 0.3) is 0 Å². The second kappa shape index (κ2) is 3.98. The largest absolute Gasteiger partial charge is 0.412 e. The molecule has 1 heterocycles. The minimum absolute atomic E-state index is 0. The molecule has 1 aliphatic heterocycles. The molecule has 0 radical (unpaired) electrons. The van der Waals surface area contributed by atoms with Crippen molar-refractivity contribution in [2.45, 2.75) is 0 Å². The highest BCUT2D eigenvalue weighted by Gasteiger charge is 2.20. The number of morpholine rings is 1. The number of hydrogen-bond acceptors (Lipinski definition) is 3. The van der Waals surface area contributed by atoms with Crippen LogP contribution in [0.1, 0.15) is 0 Å². The summed E-state index contributed by atoms with van der Waals surface area (Å²) in [4.78, 5) is 0. The predicted octanol–water partition coefficient (Wildman–Crippen LogP) is -1.70. The van der Waals surface area contributed by atoms with Gasteiger partial charge in [-0.2, -0.15) is 12.7 Å². The van der Waals surface area contributed by atoms with Crippen LogP contribution in [-0.2, 0) is 15.0 Å². The molecule has 0 aromatic heterocycles. The molecule has 0 amide bonds. The zero-order valence-corrected chi connectivity index (χ0v) is 6.67. The molecule has 1 fully saturated rings. The second-order valence-corrected chi connectivity index (χ2v) is 3.40. The molecule has 0 unspecified atom stereocenters. The Bertz CT molecular complexity index is 195. The van der Waals surface area contributed by atoms with Crippen molar-refractivity contribution in [2.24, 2.45) is 0 Å². The Balaban J connectivity index is 0.000001000. The van der Waals surface area contributed by atoms with Crippen molar-refractivity contribution >= 4 is 10.3 Å². The van der Waals surface area contributed by atoms with Crippen LogP contribution in [0.3, 0.4) is 0 Å². The van der Waals surface area contributed by atoms with Crippen LogP contribution in [0.4, 0.5) is 0 Å². The molecule has 7 heteroatoms. The Morgan fingerprint density at radius 1 is 1.27 bits per heavy atom. The van der Waals surface area contributed by atoms with E-state index < -0.39 is 10.3 Å². The molecule has 68 valence electrons. The maximum atomic E-state index is 10.4. The normalized spacial score (nSPS) is 20.8. The summed E-state index contributed by atoms with van der Waals surface area (Å²) in [6.45, 7) is 1.22. The lowest BCUT2D eigenvalue weighted by atomic mass is 10.5. The van der Waals surface area contributed by atoms with Gasteiger partial charge in [0.15, 0.2) is 0 Å². The molecule has 0 aromatic carbocycles. The molecule has 0 aliphatic carbocycles. The molecule has 0 atom stereocenters. The fourth-order valence-electron chi connectivity index (χ4n) is 0.777. The molecule has 1 saturated heterocycles. The van der Waals surface area contributed by atoms with Crippen molar-refractivity contribution < 1.29 is 23.2 Å². The summed E-state index contributed by atoms with van der Waals surface area (Å²) in [6.07, 6.45) is 0. The van der Waals surface area contributed by atoms with Crippen LogP contribution in [0.2, 0.25) is 0 Å². The first-order chi connectivity index (χ1) is 4.61. The zero-order chi connectivity index (χ0) is 7.61. The molecule has 11 heavy (non-hydrogen) atoms. The van der Waals surface area contributed by atoms with E-state index in [1.54, 1.807) is 0 Å². The lowest BCUT2D eigenvalue weighted by Crippen LogP contribution is -2.40. The topological polar surface area (TPSA) is 98.3 Å². The maximum absolute atomic E-state index is 10.4. The van der Waals surface area contributed by atoms with E-state index >= 15 is 0 Å². The summed E-state index contributed by atoms with van der Waals surface area (Å²) in [5, 5.41) is 0. The van der Waals surface area contributed by atoms with E-state index in [0.29, 0.717) is 13.2 Å². The van der Waals surface area contributed by atoms with Crippen LogP contribution < -0.4 is 0 Å². The highest BCUT2D eigenvalue weighted by Crippen LogP contribution is 2.00. The van der Waals surface area contributed by atoms with E-state index in [-0.39, 0.29) is 18.6 Å². The average molecular weight is 185 g/mol. The van der Waals surface area contributed by atoms with E-state index in [1.165, 1.54) is 0 Å². The minimum Gasteiger partial charge on any atom is -0.412 e. The Kier molecular flexibility index (Phi) is 3.90. The Hall–Kier alpha value is -0.210. The highest BCUT2D eigenvalue weighted by atomic mass is 32.2. The molecular formula is C4H11NO5S. The van der Waals surface area contributed by atoms with Gasteiger partial charge in [-0.05, 0) is 0 Å². The van der Waals surface area contributed by atoms with Crippen molar-refractivity contribution in [3.05, 3.63) is 0 Å². The van der Waals surface area contributed by atoms with Crippen molar-refractivity contribution in [3.63, 3.8) is 0 Å². The van der Waals surface area contributed by atoms with Gasteiger partial charge in [0.05, 0.1) is 13.2 Å². The monoisotopic (exact) mass is 185 g/mol. The number of nitrogens with zero attached hydrogens (tertiary/aromatic N) is 1. The third kappa shape index (κ3) is 3.12. The summed E-state index contributed by atoms with van der Waals surface area (Å²) < 4.78 is 35.2. The molecule has 0 saturated carbocycles. The Morgan fingerprint density at radius 2 is 1.73 bits per heavy atom. The van der Waals surface area contributed by atoms with Gasteiger partial charge in [0, 0.05) is 13.1 Å². The van der Waals surface area contributed by atoms with Crippen LogP contribution in [0.15, 0.2) is 0 Å². The van der Waals surface area contributed by atoms with Gasteiger partial charge in [-0.15, -0.1) is 0 Å². The number of ether oxygens (including phenoxy) is 1. The number of hydrogen-bond donors (Lipinski definition) is 1. The van der Waals surface area contributed by atoms with Crippen LogP contribution in [-0.4, -0.2) is 49.1 Å². The van der Waals surface area contributed by atoms with E-state index in [4.69, 9.17) is 9.29 Å². The first-order valence-corrected chi connectivity index (χ1v) is 4.31. The van der Waals surface area contributed by atoms with Crippen LogP contribution in [0.25, 0.3) is 0 Å². The molecule has 0 aromatic rings. The standard InChI is InChI=1S/C4H9NO4S.H2O/c6-10(7,8)5-1-3-9-4-2-5;/h1-4H2,(H,6,7,8);1H2. The molecule has 3 N–H and O–H groups in total. The van der Waals surface area contributed by atoms with E-state index in [9.17, 15) is 8.42 Å².